The summed E-state index contributed by atoms with van der Waals surface area (Å²) in [5, 5.41) is 11.9. The first-order chi connectivity index (χ1) is 11.2. The third-order valence-electron chi connectivity index (χ3n) is 4.53. The lowest BCUT2D eigenvalue weighted by molar-refractivity contribution is 0.214. The summed E-state index contributed by atoms with van der Waals surface area (Å²) in [5.41, 5.74) is 7.35. The van der Waals surface area contributed by atoms with Gasteiger partial charge < -0.3 is 10.5 Å². The molecule has 0 spiro atoms. The number of nitrogens with two attached hydrogens (primary N) is 1. The summed E-state index contributed by atoms with van der Waals surface area (Å²) < 4.78 is 5.95. The Hall–Kier alpha value is -2.83. The molecule has 0 amide bonds. The van der Waals surface area contributed by atoms with Crippen LogP contribution in [0.3, 0.4) is 0 Å². The zero-order chi connectivity index (χ0) is 15.9. The summed E-state index contributed by atoms with van der Waals surface area (Å²) in [6.45, 7) is 0.185. The Bertz CT molecular complexity index is 914. The van der Waals surface area contributed by atoms with Crippen LogP contribution in [-0.2, 0) is 0 Å². The third kappa shape index (κ3) is 2.08. The van der Waals surface area contributed by atoms with Crippen molar-refractivity contribution >= 4 is 10.8 Å². The molecule has 4 rings (SSSR count). The number of ether oxygens (including phenoxy) is 1. The van der Waals surface area contributed by atoms with Gasteiger partial charge in [0.25, 0.3) is 0 Å². The van der Waals surface area contributed by atoms with Crippen molar-refractivity contribution in [2.24, 2.45) is 5.73 Å². The second-order valence-electron chi connectivity index (χ2n) is 5.99. The summed E-state index contributed by atoms with van der Waals surface area (Å²) in [7, 11) is 0. The largest absolute Gasteiger partial charge is 0.490 e. The summed E-state index contributed by atoms with van der Waals surface area (Å²) in [6, 6.07) is 24.4. The number of rotatable bonds is 1. The second kappa shape index (κ2) is 5.12. The SMILES string of the molecule is N#CC1(N)COc2c(ccc3ccccc23)C1c1ccccc1. The molecule has 2 atom stereocenters. The molecule has 112 valence electrons. The predicted molar refractivity (Wildman–Crippen MR) is 90.3 cm³/mol. The minimum absolute atomic E-state index is 0.185. The molecule has 2 unspecified atom stereocenters. The first-order valence-corrected chi connectivity index (χ1v) is 7.62. The fraction of sp³-hybridized carbons (Fsp3) is 0.150. The Kier molecular flexibility index (Phi) is 3.07. The van der Waals surface area contributed by atoms with E-state index in [2.05, 4.69) is 18.2 Å². The van der Waals surface area contributed by atoms with Gasteiger partial charge in [-0.2, -0.15) is 5.26 Å². The Morgan fingerprint density at radius 2 is 1.74 bits per heavy atom. The summed E-state index contributed by atoms with van der Waals surface area (Å²) in [5.74, 6) is 0.635. The van der Waals surface area contributed by atoms with Crippen molar-refractivity contribution in [2.75, 3.05) is 6.61 Å². The molecule has 0 aromatic heterocycles. The molecule has 0 bridgehead atoms. The molecule has 0 fully saturated rings. The van der Waals surface area contributed by atoms with E-state index in [1.807, 2.05) is 54.6 Å². The average Bonchev–Trinajstić information content (AvgIpc) is 2.62. The van der Waals surface area contributed by atoms with Gasteiger partial charge in [-0.25, -0.2) is 0 Å². The number of nitrogens with zero attached hydrogens (tertiary/aromatic N) is 1. The van der Waals surface area contributed by atoms with Crippen LogP contribution in [0, 0.1) is 11.3 Å². The molecule has 0 saturated heterocycles. The van der Waals surface area contributed by atoms with Crippen LogP contribution < -0.4 is 10.5 Å². The van der Waals surface area contributed by atoms with E-state index >= 15 is 0 Å². The first kappa shape index (κ1) is 13.8. The number of benzene rings is 3. The molecule has 3 aromatic rings. The summed E-state index contributed by atoms with van der Waals surface area (Å²) in [6.07, 6.45) is 0. The highest BCUT2D eigenvalue weighted by Gasteiger charge is 2.43. The summed E-state index contributed by atoms with van der Waals surface area (Å²) in [4.78, 5) is 0. The average molecular weight is 300 g/mol. The van der Waals surface area contributed by atoms with Crippen LogP contribution in [0.25, 0.3) is 10.8 Å². The van der Waals surface area contributed by atoms with Crippen LogP contribution in [0.15, 0.2) is 66.7 Å². The molecule has 3 nitrogen and oxygen atoms in total. The van der Waals surface area contributed by atoms with Crippen LogP contribution in [0.4, 0.5) is 0 Å². The van der Waals surface area contributed by atoms with Gasteiger partial charge in [0.2, 0.25) is 0 Å². The van der Waals surface area contributed by atoms with E-state index in [9.17, 15) is 5.26 Å². The third-order valence-corrected chi connectivity index (χ3v) is 4.53. The monoisotopic (exact) mass is 300 g/mol. The van der Waals surface area contributed by atoms with Gasteiger partial charge in [0, 0.05) is 16.9 Å². The smallest absolute Gasteiger partial charge is 0.149 e. The summed E-state index contributed by atoms with van der Waals surface area (Å²) >= 11 is 0. The van der Waals surface area contributed by atoms with E-state index < -0.39 is 5.54 Å². The molecular weight excluding hydrogens is 284 g/mol. The molecule has 1 aliphatic heterocycles. The zero-order valence-corrected chi connectivity index (χ0v) is 12.6. The van der Waals surface area contributed by atoms with Crippen molar-refractivity contribution in [2.45, 2.75) is 11.5 Å². The molecular formula is C20H16N2O. The lowest BCUT2D eigenvalue weighted by Crippen LogP contribution is -2.52. The van der Waals surface area contributed by atoms with E-state index in [0.29, 0.717) is 0 Å². The Morgan fingerprint density at radius 1 is 1.00 bits per heavy atom. The molecule has 1 aliphatic rings. The minimum atomic E-state index is -1.07. The van der Waals surface area contributed by atoms with E-state index in [-0.39, 0.29) is 12.5 Å². The van der Waals surface area contributed by atoms with Crippen molar-refractivity contribution in [3.63, 3.8) is 0 Å². The van der Waals surface area contributed by atoms with Crippen molar-refractivity contribution in [3.05, 3.63) is 77.9 Å². The number of fused-ring (bicyclic) bond motifs is 3. The van der Waals surface area contributed by atoms with E-state index in [1.54, 1.807) is 0 Å². The van der Waals surface area contributed by atoms with Crippen LogP contribution in [0.5, 0.6) is 5.75 Å². The van der Waals surface area contributed by atoms with Gasteiger partial charge in [0.15, 0.2) is 0 Å². The quantitative estimate of drug-likeness (QED) is 0.747. The van der Waals surface area contributed by atoms with E-state index in [1.165, 1.54) is 0 Å². The van der Waals surface area contributed by atoms with Crippen LogP contribution in [0.1, 0.15) is 17.0 Å². The molecule has 23 heavy (non-hydrogen) atoms. The van der Waals surface area contributed by atoms with Gasteiger partial charge >= 0.3 is 0 Å². The maximum atomic E-state index is 9.67. The maximum Gasteiger partial charge on any atom is 0.149 e. The molecule has 0 radical (unpaired) electrons. The Morgan fingerprint density at radius 3 is 2.52 bits per heavy atom. The van der Waals surface area contributed by atoms with Gasteiger partial charge in [-0.15, -0.1) is 0 Å². The molecule has 1 heterocycles. The van der Waals surface area contributed by atoms with Crippen LogP contribution >= 0.6 is 0 Å². The highest BCUT2D eigenvalue weighted by Crippen LogP contribution is 2.45. The standard InChI is InChI=1S/C20H16N2O/c21-12-20(22)13-23-19-16-9-5-4-6-14(16)10-11-17(19)18(20)15-7-2-1-3-8-15/h1-11,18H,13,22H2. The highest BCUT2D eigenvalue weighted by molar-refractivity contribution is 5.90. The lowest BCUT2D eigenvalue weighted by Gasteiger charge is -2.38. The van der Waals surface area contributed by atoms with Gasteiger partial charge in [-0.1, -0.05) is 66.7 Å². The van der Waals surface area contributed by atoms with Crippen LogP contribution in [-0.4, -0.2) is 12.1 Å². The van der Waals surface area contributed by atoms with Crippen molar-refractivity contribution in [3.8, 4) is 11.8 Å². The Balaban J connectivity index is 2.00. The van der Waals surface area contributed by atoms with Crippen molar-refractivity contribution < 1.29 is 4.74 Å². The molecule has 3 aromatic carbocycles. The molecule has 3 heteroatoms. The van der Waals surface area contributed by atoms with Crippen LogP contribution in [0.2, 0.25) is 0 Å². The lowest BCUT2D eigenvalue weighted by atomic mass is 9.74. The highest BCUT2D eigenvalue weighted by atomic mass is 16.5. The van der Waals surface area contributed by atoms with Crippen molar-refractivity contribution in [1.82, 2.24) is 0 Å². The van der Waals surface area contributed by atoms with Gasteiger partial charge in [-0.3, -0.25) is 0 Å². The van der Waals surface area contributed by atoms with Crippen molar-refractivity contribution in [1.29, 1.82) is 5.26 Å². The number of hydrogen-bond acceptors (Lipinski definition) is 3. The topological polar surface area (TPSA) is 59.0 Å². The van der Waals surface area contributed by atoms with Gasteiger partial charge in [0.1, 0.15) is 17.9 Å². The second-order valence-corrected chi connectivity index (χ2v) is 5.99. The first-order valence-electron chi connectivity index (χ1n) is 7.62. The van der Waals surface area contributed by atoms with E-state index in [0.717, 1.165) is 27.6 Å². The van der Waals surface area contributed by atoms with Gasteiger partial charge in [-0.05, 0) is 10.9 Å². The van der Waals surface area contributed by atoms with Gasteiger partial charge in [0.05, 0.1) is 6.07 Å². The zero-order valence-electron chi connectivity index (χ0n) is 12.6. The van der Waals surface area contributed by atoms with E-state index in [4.69, 9.17) is 10.5 Å². The fourth-order valence-electron chi connectivity index (χ4n) is 3.42. The molecule has 0 aliphatic carbocycles. The fourth-order valence-corrected chi connectivity index (χ4v) is 3.42. The predicted octanol–water partition coefficient (Wildman–Crippen LogP) is 3.59. The molecule has 0 saturated carbocycles. The minimum Gasteiger partial charge on any atom is -0.490 e. The maximum absolute atomic E-state index is 9.67. The number of hydrogen-bond donors (Lipinski definition) is 1. The Labute approximate surface area is 134 Å². The normalized spacial score (nSPS) is 22.9. The molecule has 2 N–H and O–H groups in total. The number of nitriles is 1.